The lowest BCUT2D eigenvalue weighted by Crippen LogP contribution is -2.08. The number of allylic oxidation sites excluding steroid dienone is 5. The van der Waals surface area contributed by atoms with E-state index in [-0.39, 0.29) is 6.08 Å². The lowest BCUT2D eigenvalue weighted by molar-refractivity contribution is -0.146. The maximum Gasteiger partial charge on any atom is 0.409 e. The van der Waals surface area contributed by atoms with Gasteiger partial charge in [0.1, 0.15) is 0 Å². The number of carboxylic acid groups (broad SMARTS) is 1. The number of hydrogen-bond donors (Lipinski definition) is 1. The van der Waals surface area contributed by atoms with Crippen LogP contribution in [-0.2, 0) is 9.59 Å². The molecule has 0 saturated heterocycles. The number of halogens is 3. The summed E-state index contributed by atoms with van der Waals surface area (Å²) in [4.78, 5) is 20.4. The Morgan fingerprint density at radius 1 is 1.00 bits per heavy atom. The predicted molar refractivity (Wildman–Crippen MR) is 46.1 cm³/mol. The summed E-state index contributed by atoms with van der Waals surface area (Å²) in [6.45, 7) is 0. The maximum atomic E-state index is 11.5. The third-order valence-corrected chi connectivity index (χ3v) is 1.08. The Kier molecular flexibility index (Phi) is 5.08. The summed E-state index contributed by atoms with van der Waals surface area (Å²) in [5.41, 5.74) is 0. The summed E-state index contributed by atoms with van der Waals surface area (Å²) < 4.78 is 34.6. The minimum atomic E-state index is -4.38. The predicted octanol–water partition coefficient (Wildman–Crippen LogP) is 1.87. The van der Waals surface area contributed by atoms with Crippen LogP contribution in [0.15, 0.2) is 36.5 Å². The lowest BCUT2D eigenvalue weighted by Gasteiger charge is -1.94. The van der Waals surface area contributed by atoms with E-state index in [9.17, 15) is 22.8 Å². The average Bonchev–Trinajstić information content (AvgIpc) is 2.08. The fraction of sp³-hybridized carbons (Fsp3) is 0.111. The number of carbonyl (C=O) groups excluding carboxylic acids is 1. The van der Waals surface area contributed by atoms with Crippen LogP contribution in [0.4, 0.5) is 13.2 Å². The van der Waals surface area contributed by atoms with Gasteiger partial charge >= 0.3 is 12.1 Å². The number of carbonyl (C=O) groups is 2. The van der Waals surface area contributed by atoms with Gasteiger partial charge in [0.25, 0.3) is 5.78 Å². The average molecular weight is 220 g/mol. The Morgan fingerprint density at radius 2 is 1.53 bits per heavy atom. The van der Waals surface area contributed by atoms with E-state index in [1.165, 1.54) is 0 Å². The van der Waals surface area contributed by atoms with Crippen LogP contribution in [-0.4, -0.2) is 23.0 Å². The van der Waals surface area contributed by atoms with Gasteiger partial charge in [-0.1, -0.05) is 24.3 Å². The molecule has 0 amide bonds. The van der Waals surface area contributed by atoms with E-state index in [0.717, 1.165) is 30.4 Å². The topological polar surface area (TPSA) is 54.4 Å². The van der Waals surface area contributed by atoms with Gasteiger partial charge < -0.3 is 5.11 Å². The summed E-state index contributed by atoms with van der Waals surface area (Å²) in [6.07, 6.45) is 0.274. The molecule has 0 unspecified atom stereocenters. The van der Waals surface area contributed by atoms with Crippen LogP contribution in [0.3, 0.4) is 0 Å². The van der Waals surface area contributed by atoms with Crippen LogP contribution in [0.25, 0.3) is 0 Å². The van der Waals surface area contributed by atoms with Crippen molar-refractivity contribution in [2.75, 3.05) is 0 Å². The van der Waals surface area contributed by atoms with Crippen LogP contribution < -0.4 is 0 Å². The molecule has 0 bridgehead atoms. The Hall–Kier alpha value is -1.85. The molecule has 0 aromatic rings. The smallest absolute Gasteiger partial charge is 0.409 e. The van der Waals surface area contributed by atoms with E-state index < -0.39 is 17.9 Å². The van der Waals surface area contributed by atoms with E-state index >= 15 is 0 Å². The van der Waals surface area contributed by atoms with Crippen LogP contribution in [0.1, 0.15) is 0 Å². The molecular formula is C9H7F3O3. The Bertz CT molecular complexity index is 324. The van der Waals surface area contributed by atoms with Crippen molar-refractivity contribution in [3.8, 4) is 0 Å². The lowest BCUT2D eigenvalue weighted by atomic mass is 10.3. The molecule has 0 atom stereocenters. The highest BCUT2D eigenvalue weighted by molar-refractivity contribution is 6.37. The van der Waals surface area contributed by atoms with Gasteiger partial charge in [0.15, 0.2) is 0 Å². The molecule has 0 aliphatic rings. The maximum absolute atomic E-state index is 11.5. The fourth-order valence-electron chi connectivity index (χ4n) is 0.507. The monoisotopic (exact) mass is 220 g/mol. The van der Waals surface area contributed by atoms with E-state index in [1.807, 2.05) is 0 Å². The number of aliphatic carboxylic acids is 1. The molecule has 0 aliphatic heterocycles. The third-order valence-electron chi connectivity index (χ3n) is 1.08. The molecule has 1 N–H and O–H groups in total. The van der Waals surface area contributed by atoms with Gasteiger partial charge in [-0.25, -0.2) is 4.79 Å². The van der Waals surface area contributed by atoms with Crippen molar-refractivity contribution in [1.29, 1.82) is 0 Å². The van der Waals surface area contributed by atoms with E-state index in [0.29, 0.717) is 0 Å². The van der Waals surface area contributed by atoms with Crippen molar-refractivity contribution >= 4 is 11.8 Å². The molecule has 0 aliphatic carbocycles. The third kappa shape index (κ3) is 8.48. The van der Waals surface area contributed by atoms with E-state index in [2.05, 4.69) is 0 Å². The molecule has 0 aromatic carbocycles. The Morgan fingerprint density at radius 3 is 2.00 bits per heavy atom. The zero-order valence-corrected chi connectivity index (χ0v) is 7.36. The Labute approximate surface area is 83.2 Å². The molecule has 0 aromatic heterocycles. The van der Waals surface area contributed by atoms with Crippen LogP contribution in [0, 0.1) is 0 Å². The molecule has 0 saturated carbocycles. The molecule has 0 heterocycles. The number of rotatable bonds is 4. The largest absolute Gasteiger partial charge is 0.475 e. The second-order valence-electron chi connectivity index (χ2n) is 2.31. The first-order valence-electron chi connectivity index (χ1n) is 3.69. The molecular weight excluding hydrogens is 213 g/mol. The first-order valence-corrected chi connectivity index (χ1v) is 3.69. The van der Waals surface area contributed by atoms with Gasteiger partial charge in [0.2, 0.25) is 0 Å². The van der Waals surface area contributed by atoms with Crippen molar-refractivity contribution in [1.82, 2.24) is 0 Å². The van der Waals surface area contributed by atoms with Gasteiger partial charge in [-0.2, -0.15) is 13.2 Å². The van der Waals surface area contributed by atoms with Crippen molar-refractivity contribution in [3.63, 3.8) is 0 Å². The van der Waals surface area contributed by atoms with Crippen LogP contribution in [0.2, 0.25) is 0 Å². The summed E-state index contributed by atoms with van der Waals surface area (Å²) in [5.74, 6) is -2.76. The molecule has 0 rings (SSSR count). The highest BCUT2D eigenvalue weighted by Crippen LogP contribution is 2.15. The minimum absolute atomic E-state index is 0.0103. The van der Waals surface area contributed by atoms with Crippen molar-refractivity contribution in [2.24, 2.45) is 0 Å². The summed E-state index contributed by atoms with van der Waals surface area (Å²) in [6, 6.07) is 0. The summed E-state index contributed by atoms with van der Waals surface area (Å²) in [5, 5.41) is 8.10. The first kappa shape index (κ1) is 13.2. The second-order valence-corrected chi connectivity index (χ2v) is 2.31. The minimum Gasteiger partial charge on any atom is -0.475 e. The molecule has 6 heteroatoms. The van der Waals surface area contributed by atoms with Crippen molar-refractivity contribution in [2.45, 2.75) is 6.18 Å². The Balaban J connectivity index is 4.07. The number of alkyl halides is 3. The molecule has 3 nitrogen and oxygen atoms in total. The summed E-state index contributed by atoms with van der Waals surface area (Å²) >= 11 is 0. The van der Waals surface area contributed by atoms with Gasteiger partial charge in [-0.3, -0.25) is 4.79 Å². The van der Waals surface area contributed by atoms with E-state index in [4.69, 9.17) is 5.11 Å². The van der Waals surface area contributed by atoms with E-state index in [1.54, 1.807) is 0 Å². The quantitative estimate of drug-likeness (QED) is 0.447. The fourth-order valence-corrected chi connectivity index (χ4v) is 0.507. The normalized spacial score (nSPS) is 13.0. The zero-order chi connectivity index (χ0) is 11.9. The van der Waals surface area contributed by atoms with Gasteiger partial charge in [-0.05, 0) is 6.08 Å². The molecule has 0 radical (unpaired) electrons. The number of hydrogen-bond acceptors (Lipinski definition) is 2. The zero-order valence-electron chi connectivity index (χ0n) is 7.36. The molecule has 0 fully saturated rings. The van der Waals surface area contributed by atoms with Gasteiger partial charge in [0.05, 0.1) is 0 Å². The van der Waals surface area contributed by atoms with Crippen molar-refractivity contribution < 1.29 is 27.9 Å². The van der Waals surface area contributed by atoms with Gasteiger partial charge in [-0.15, -0.1) is 0 Å². The summed E-state index contributed by atoms with van der Waals surface area (Å²) in [7, 11) is 0. The highest BCUT2D eigenvalue weighted by atomic mass is 19.4. The highest BCUT2D eigenvalue weighted by Gasteiger charge is 2.21. The molecule has 0 spiro atoms. The first-order chi connectivity index (χ1) is 6.83. The molecule has 82 valence electrons. The van der Waals surface area contributed by atoms with Crippen LogP contribution >= 0.6 is 0 Å². The standard InChI is InChI=1S/C9H7F3O3/c10-9(11,12)6-4-2-1-3-5-7(13)8(14)15/h1-6H,(H,14,15)/b2-1+,5-3+,6-4+. The number of carboxylic acids is 1. The van der Waals surface area contributed by atoms with Gasteiger partial charge in [0, 0.05) is 6.08 Å². The molecule has 15 heavy (non-hydrogen) atoms. The van der Waals surface area contributed by atoms with Crippen LogP contribution in [0.5, 0.6) is 0 Å². The second kappa shape index (κ2) is 5.79. The SMILES string of the molecule is O=C(O)C(=O)/C=C/C=C/C=C/C(F)(F)F. The van der Waals surface area contributed by atoms with Crippen molar-refractivity contribution in [3.05, 3.63) is 36.5 Å². The number of ketones is 1.